The van der Waals surface area contributed by atoms with Gasteiger partial charge in [0.15, 0.2) is 16.4 Å². The van der Waals surface area contributed by atoms with Gasteiger partial charge in [0.25, 0.3) is 0 Å². The number of hydrogen-bond donors (Lipinski definition) is 2. The Hall–Kier alpha value is -3.46. The first-order valence-corrected chi connectivity index (χ1v) is 9.18. The van der Waals surface area contributed by atoms with Crippen molar-refractivity contribution in [3.05, 3.63) is 98.7 Å². The zero-order valence-electron chi connectivity index (χ0n) is 15.0. The Morgan fingerprint density at radius 1 is 0.929 bits per heavy atom. The molecule has 9 heteroatoms. The van der Waals surface area contributed by atoms with Crippen LogP contribution in [0.15, 0.2) is 65.5 Å². The normalized spacial score (nSPS) is 11.0. The number of H-pyrrole nitrogens is 1. The van der Waals surface area contributed by atoms with Crippen molar-refractivity contribution in [1.82, 2.24) is 29.2 Å². The largest absolute Gasteiger partial charge is 0.365 e. The molecule has 8 nitrogen and oxygen atoms in total. The van der Waals surface area contributed by atoms with Gasteiger partial charge in [-0.1, -0.05) is 60.7 Å². The van der Waals surface area contributed by atoms with Crippen molar-refractivity contribution in [2.75, 3.05) is 5.84 Å². The van der Waals surface area contributed by atoms with Crippen LogP contribution >= 0.6 is 12.2 Å². The van der Waals surface area contributed by atoms with E-state index in [9.17, 15) is 4.79 Å². The van der Waals surface area contributed by atoms with Crippen molar-refractivity contribution in [3.8, 4) is 0 Å². The summed E-state index contributed by atoms with van der Waals surface area (Å²) < 4.78 is 4.73. The molecule has 3 N–H and O–H groups in total. The van der Waals surface area contributed by atoms with Crippen molar-refractivity contribution >= 4 is 12.2 Å². The van der Waals surface area contributed by atoms with E-state index >= 15 is 0 Å². The number of nitrogen functional groups attached to an aromatic ring is 1. The molecule has 142 valence electrons. The molecule has 0 bridgehead atoms. The van der Waals surface area contributed by atoms with Gasteiger partial charge in [-0.25, -0.2) is 9.48 Å². The van der Waals surface area contributed by atoms with Gasteiger partial charge in [-0.05, 0) is 23.3 Å². The molecule has 0 saturated carbocycles. The van der Waals surface area contributed by atoms with Gasteiger partial charge in [0.1, 0.15) is 6.54 Å². The fraction of sp³-hybridized carbons (Fsp3) is 0.158. The van der Waals surface area contributed by atoms with Crippen LogP contribution < -0.4 is 11.5 Å². The Balaban J connectivity index is 1.61. The Bertz CT molecular complexity index is 1190. The van der Waals surface area contributed by atoms with Crippen LogP contribution in [0.3, 0.4) is 0 Å². The average molecular weight is 393 g/mol. The molecule has 0 amide bonds. The summed E-state index contributed by atoms with van der Waals surface area (Å²) >= 11 is 5.35. The Morgan fingerprint density at radius 2 is 1.57 bits per heavy atom. The second-order valence-electron chi connectivity index (χ2n) is 6.41. The highest BCUT2D eigenvalue weighted by molar-refractivity contribution is 7.71. The molecule has 0 aliphatic heterocycles. The number of aromatic nitrogens is 6. The van der Waals surface area contributed by atoms with Crippen molar-refractivity contribution in [1.29, 1.82) is 0 Å². The Morgan fingerprint density at radius 3 is 2.25 bits per heavy atom. The molecule has 0 aliphatic rings. The topological polar surface area (TPSA) is 99.4 Å². The average Bonchev–Trinajstić information content (AvgIpc) is 3.19. The summed E-state index contributed by atoms with van der Waals surface area (Å²) in [7, 11) is 0. The van der Waals surface area contributed by atoms with E-state index in [-0.39, 0.29) is 6.54 Å². The minimum Gasteiger partial charge on any atom is -0.333 e. The van der Waals surface area contributed by atoms with Crippen molar-refractivity contribution in [3.63, 3.8) is 0 Å². The van der Waals surface area contributed by atoms with Gasteiger partial charge < -0.3 is 5.84 Å². The molecule has 0 saturated heterocycles. The molecule has 2 aromatic carbocycles. The molecule has 2 heterocycles. The number of nitrogens with two attached hydrogens (primary N) is 1. The first kappa shape index (κ1) is 17.9. The molecule has 4 aromatic rings. The number of nitrogens with zero attached hydrogens (tertiary/aromatic N) is 5. The van der Waals surface area contributed by atoms with E-state index < -0.39 is 5.69 Å². The maximum absolute atomic E-state index is 12.5. The van der Waals surface area contributed by atoms with Crippen molar-refractivity contribution in [2.24, 2.45) is 0 Å². The second kappa shape index (κ2) is 7.65. The minimum absolute atomic E-state index is 0.171. The molecule has 0 atom stereocenters. The monoisotopic (exact) mass is 393 g/mol. The van der Waals surface area contributed by atoms with E-state index in [0.29, 0.717) is 29.4 Å². The van der Waals surface area contributed by atoms with E-state index in [1.165, 1.54) is 4.68 Å². The third kappa shape index (κ3) is 3.65. The molecule has 4 rings (SSSR count). The van der Waals surface area contributed by atoms with E-state index in [0.717, 1.165) is 15.8 Å². The van der Waals surface area contributed by atoms with E-state index in [4.69, 9.17) is 18.1 Å². The quantitative estimate of drug-likeness (QED) is 0.384. The summed E-state index contributed by atoms with van der Waals surface area (Å²) in [6, 6.07) is 19.7. The van der Waals surface area contributed by atoms with Crippen LogP contribution in [0.5, 0.6) is 0 Å². The van der Waals surface area contributed by atoms with Gasteiger partial charge in [0.05, 0.1) is 6.54 Å². The molecular formula is C19H19N7OS. The number of rotatable bonds is 6. The van der Waals surface area contributed by atoms with Crippen molar-refractivity contribution < 1.29 is 0 Å². The number of aromatic amines is 1. The summed E-state index contributed by atoms with van der Waals surface area (Å²) in [5, 5.41) is 11.5. The lowest BCUT2D eigenvalue weighted by Gasteiger charge is -2.06. The predicted octanol–water partition coefficient (Wildman–Crippen LogP) is 1.70. The van der Waals surface area contributed by atoms with E-state index in [1.807, 2.05) is 65.2 Å². The standard InChI is InChI=1S/C19H19N7OS/c20-26-16(11-14-7-3-1-4-8-14)23-25(19(26)27)13-17-21-22-18(28)24(17)12-15-9-5-2-6-10-15/h1-10H,11-13,20H2,(H,22,28). The van der Waals surface area contributed by atoms with Crippen LogP contribution in [-0.4, -0.2) is 29.2 Å². The van der Waals surface area contributed by atoms with Crippen LogP contribution in [-0.2, 0) is 19.5 Å². The van der Waals surface area contributed by atoms with Crippen LogP contribution in [0.25, 0.3) is 0 Å². The summed E-state index contributed by atoms with van der Waals surface area (Å²) in [6.07, 6.45) is 0.469. The third-order valence-electron chi connectivity index (χ3n) is 4.46. The van der Waals surface area contributed by atoms with Crippen LogP contribution in [0.2, 0.25) is 0 Å². The molecule has 0 fully saturated rings. The second-order valence-corrected chi connectivity index (χ2v) is 6.79. The molecule has 0 unspecified atom stereocenters. The van der Waals surface area contributed by atoms with E-state index in [1.54, 1.807) is 0 Å². The minimum atomic E-state index is -0.397. The number of hydrogen-bond acceptors (Lipinski definition) is 5. The van der Waals surface area contributed by atoms with Crippen LogP contribution in [0.1, 0.15) is 22.8 Å². The van der Waals surface area contributed by atoms with Gasteiger partial charge in [-0.2, -0.15) is 14.9 Å². The highest BCUT2D eigenvalue weighted by atomic mass is 32.1. The van der Waals surface area contributed by atoms with Crippen LogP contribution in [0.4, 0.5) is 0 Å². The highest BCUT2D eigenvalue weighted by Crippen LogP contribution is 2.08. The summed E-state index contributed by atoms with van der Waals surface area (Å²) in [5.74, 6) is 7.03. The van der Waals surface area contributed by atoms with Crippen molar-refractivity contribution in [2.45, 2.75) is 19.5 Å². The van der Waals surface area contributed by atoms with Gasteiger partial charge in [-0.3, -0.25) is 9.67 Å². The van der Waals surface area contributed by atoms with Crippen LogP contribution in [0, 0.1) is 4.77 Å². The van der Waals surface area contributed by atoms with Gasteiger partial charge in [0.2, 0.25) is 0 Å². The lowest BCUT2D eigenvalue weighted by Crippen LogP contribution is -2.31. The van der Waals surface area contributed by atoms with Gasteiger partial charge in [0, 0.05) is 6.42 Å². The predicted molar refractivity (Wildman–Crippen MR) is 108 cm³/mol. The zero-order valence-corrected chi connectivity index (χ0v) is 15.8. The third-order valence-corrected chi connectivity index (χ3v) is 4.77. The molecule has 2 aromatic heterocycles. The summed E-state index contributed by atoms with van der Waals surface area (Å²) in [6.45, 7) is 0.727. The first-order chi connectivity index (χ1) is 13.6. The van der Waals surface area contributed by atoms with E-state index in [2.05, 4.69) is 15.3 Å². The fourth-order valence-electron chi connectivity index (χ4n) is 3.00. The maximum Gasteiger partial charge on any atom is 0.365 e. The number of nitrogens with one attached hydrogen (secondary N) is 1. The highest BCUT2D eigenvalue weighted by Gasteiger charge is 2.15. The first-order valence-electron chi connectivity index (χ1n) is 8.77. The lowest BCUT2D eigenvalue weighted by atomic mass is 10.1. The molecular weight excluding hydrogens is 374 g/mol. The van der Waals surface area contributed by atoms with Gasteiger partial charge in [-0.15, -0.1) is 0 Å². The summed E-state index contributed by atoms with van der Waals surface area (Å²) in [4.78, 5) is 12.5. The molecule has 28 heavy (non-hydrogen) atoms. The lowest BCUT2D eigenvalue weighted by molar-refractivity contribution is 0.589. The smallest absolute Gasteiger partial charge is 0.333 e. The maximum atomic E-state index is 12.5. The SMILES string of the molecule is Nn1c(Cc2ccccc2)nn(Cc2n[nH]c(=S)n2Cc2ccccc2)c1=O. The number of benzene rings is 2. The Kier molecular flexibility index (Phi) is 4.90. The molecule has 0 radical (unpaired) electrons. The fourth-order valence-corrected chi connectivity index (χ4v) is 3.22. The summed E-state index contributed by atoms with van der Waals surface area (Å²) in [5.41, 5.74) is 1.71. The molecule has 0 aliphatic carbocycles. The molecule has 0 spiro atoms. The Labute approximate surface area is 165 Å². The zero-order chi connectivity index (χ0) is 19.5. The van der Waals surface area contributed by atoms with Gasteiger partial charge >= 0.3 is 5.69 Å².